The average Bonchev–Trinajstić information content (AvgIpc) is 2.73. The first-order valence-corrected chi connectivity index (χ1v) is 5.95. The maximum Gasteiger partial charge on any atom is 0.251 e. The third kappa shape index (κ3) is 3.04. The molecule has 2 rings (SSSR count). The Morgan fingerprint density at radius 2 is 2.12 bits per heavy atom. The number of carbonyl (C=O) groups excluding carboxylic acids is 1. The number of aromatic hydroxyl groups is 1. The first kappa shape index (κ1) is 11.6. The van der Waals surface area contributed by atoms with E-state index in [0.29, 0.717) is 12.1 Å². The Balaban J connectivity index is 1.95. The largest absolute Gasteiger partial charge is 0.508 e. The fourth-order valence-corrected chi connectivity index (χ4v) is 2.10. The second-order valence-electron chi connectivity index (χ2n) is 3.58. The fraction of sp³-hybridized carbons (Fsp3) is 0.167. The SMILES string of the molecule is Cc1ncc(CNC(=O)c2ccc(O)cc2)s1. The van der Waals surface area contributed by atoms with Gasteiger partial charge in [-0.3, -0.25) is 4.79 Å². The van der Waals surface area contributed by atoms with Crippen molar-refractivity contribution in [1.82, 2.24) is 10.3 Å². The van der Waals surface area contributed by atoms with Crippen LogP contribution in [0.5, 0.6) is 5.75 Å². The lowest BCUT2D eigenvalue weighted by molar-refractivity contribution is 0.0951. The minimum atomic E-state index is -0.156. The van der Waals surface area contributed by atoms with Crippen molar-refractivity contribution in [3.05, 3.63) is 45.9 Å². The first-order valence-electron chi connectivity index (χ1n) is 5.13. The molecule has 0 fully saturated rings. The second kappa shape index (κ2) is 4.97. The molecule has 2 N–H and O–H groups in total. The van der Waals surface area contributed by atoms with Crippen LogP contribution in [0.2, 0.25) is 0 Å². The maximum atomic E-state index is 11.7. The molecule has 1 heterocycles. The van der Waals surface area contributed by atoms with Crippen LogP contribution in [0, 0.1) is 6.92 Å². The first-order chi connectivity index (χ1) is 8.15. The van der Waals surface area contributed by atoms with Gasteiger partial charge in [0.1, 0.15) is 5.75 Å². The summed E-state index contributed by atoms with van der Waals surface area (Å²) in [5.74, 6) is -0.00400. The Labute approximate surface area is 103 Å². The van der Waals surface area contributed by atoms with Crippen LogP contribution in [0.4, 0.5) is 0 Å². The van der Waals surface area contributed by atoms with E-state index in [1.807, 2.05) is 6.92 Å². The molecule has 0 saturated heterocycles. The van der Waals surface area contributed by atoms with Crippen LogP contribution in [0.1, 0.15) is 20.2 Å². The summed E-state index contributed by atoms with van der Waals surface area (Å²) in [5.41, 5.74) is 0.532. The van der Waals surface area contributed by atoms with Gasteiger partial charge in [-0.05, 0) is 31.2 Å². The van der Waals surface area contributed by atoms with Crippen LogP contribution in [0.3, 0.4) is 0 Å². The van der Waals surface area contributed by atoms with Gasteiger partial charge in [-0.2, -0.15) is 0 Å². The Hall–Kier alpha value is -1.88. The van der Waals surface area contributed by atoms with E-state index in [1.165, 1.54) is 12.1 Å². The molecule has 0 unspecified atom stereocenters. The van der Waals surface area contributed by atoms with E-state index in [4.69, 9.17) is 5.11 Å². The summed E-state index contributed by atoms with van der Waals surface area (Å²) < 4.78 is 0. The second-order valence-corrected chi connectivity index (χ2v) is 4.89. The monoisotopic (exact) mass is 248 g/mol. The zero-order chi connectivity index (χ0) is 12.3. The van der Waals surface area contributed by atoms with Crippen molar-refractivity contribution in [1.29, 1.82) is 0 Å². The predicted molar refractivity (Wildman–Crippen MR) is 66.1 cm³/mol. The van der Waals surface area contributed by atoms with Crippen LogP contribution in [-0.2, 0) is 6.54 Å². The molecule has 0 saturated carbocycles. The number of thiazole rings is 1. The summed E-state index contributed by atoms with van der Waals surface area (Å²) >= 11 is 1.56. The summed E-state index contributed by atoms with van der Waals surface area (Å²) in [5, 5.41) is 12.9. The molecule has 0 radical (unpaired) electrons. The molecular weight excluding hydrogens is 236 g/mol. The van der Waals surface area contributed by atoms with Gasteiger partial charge in [0, 0.05) is 16.6 Å². The van der Waals surface area contributed by atoms with Crippen molar-refractivity contribution in [3.63, 3.8) is 0 Å². The van der Waals surface area contributed by atoms with Gasteiger partial charge in [0.05, 0.1) is 11.6 Å². The summed E-state index contributed by atoms with van der Waals surface area (Å²) in [6, 6.07) is 6.16. The van der Waals surface area contributed by atoms with Gasteiger partial charge in [0.25, 0.3) is 5.91 Å². The fourth-order valence-electron chi connectivity index (χ4n) is 1.37. The number of hydrogen-bond acceptors (Lipinski definition) is 4. The summed E-state index contributed by atoms with van der Waals surface area (Å²) in [4.78, 5) is 16.9. The average molecular weight is 248 g/mol. The third-order valence-electron chi connectivity index (χ3n) is 2.22. The van der Waals surface area contributed by atoms with Crippen molar-refractivity contribution < 1.29 is 9.90 Å². The lowest BCUT2D eigenvalue weighted by Gasteiger charge is -2.03. The van der Waals surface area contributed by atoms with Gasteiger partial charge in [-0.15, -0.1) is 11.3 Å². The van der Waals surface area contributed by atoms with E-state index in [1.54, 1.807) is 29.7 Å². The zero-order valence-electron chi connectivity index (χ0n) is 9.30. The number of benzene rings is 1. The molecule has 1 aromatic heterocycles. The molecule has 1 aromatic carbocycles. The number of carbonyl (C=O) groups is 1. The highest BCUT2D eigenvalue weighted by atomic mass is 32.1. The van der Waals surface area contributed by atoms with Crippen LogP contribution in [-0.4, -0.2) is 16.0 Å². The number of hydrogen-bond donors (Lipinski definition) is 2. The molecule has 0 aliphatic rings. The molecule has 0 spiro atoms. The van der Waals surface area contributed by atoms with E-state index in [9.17, 15) is 4.79 Å². The topological polar surface area (TPSA) is 62.2 Å². The van der Waals surface area contributed by atoms with Gasteiger partial charge in [0.2, 0.25) is 0 Å². The Bertz CT molecular complexity index is 520. The van der Waals surface area contributed by atoms with Crippen molar-refractivity contribution in [2.24, 2.45) is 0 Å². The summed E-state index contributed by atoms with van der Waals surface area (Å²) in [7, 11) is 0. The minimum Gasteiger partial charge on any atom is -0.508 e. The molecule has 0 bridgehead atoms. The predicted octanol–water partition coefficient (Wildman–Crippen LogP) is 2.09. The quantitative estimate of drug-likeness (QED) is 0.874. The molecule has 17 heavy (non-hydrogen) atoms. The van der Waals surface area contributed by atoms with E-state index in [-0.39, 0.29) is 11.7 Å². The van der Waals surface area contributed by atoms with E-state index >= 15 is 0 Å². The molecule has 0 aliphatic carbocycles. The van der Waals surface area contributed by atoms with E-state index in [2.05, 4.69) is 10.3 Å². The number of aromatic nitrogens is 1. The molecule has 88 valence electrons. The lowest BCUT2D eigenvalue weighted by atomic mass is 10.2. The molecule has 4 nitrogen and oxygen atoms in total. The highest BCUT2D eigenvalue weighted by Crippen LogP contribution is 2.12. The van der Waals surface area contributed by atoms with Gasteiger partial charge in [0.15, 0.2) is 0 Å². The number of aryl methyl sites for hydroxylation is 1. The van der Waals surface area contributed by atoms with Crippen LogP contribution in [0.25, 0.3) is 0 Å². The standard InChI is InChI=1S/C12H12N2O2S/c1-8-13-6-11(17-8)7-14-12(16)9-2-4-10(15)5-3-9/h2-6,15H,7H2,1H3,(H,14,16). The molecule has 1 amide bonds. The molecule has 5 heteroatoms. The Kier molecular flexibility index (Phi) is 3.39. The smallest absolute Gasteiger partial charge is 0.251 e. The van der Waals surface area contributed by atoms with Gasteiger partial charge < -0.3 is 10.4 Å². The highest BCUT2D eigenvalue weighted by Gasteiger charge is 2.05. The summed E-state index contributed by atoms with van der Waals surface area (Å²) in [6.45, 7) is 2.40. The number of rotatable bonds is 3. The number of phenolic OH excluding ortho intramolecular Hbond substituents is 1. The van der Waals surface area contributed by atoms with Crippen LogP contribution in [0.15, 0.2) is 30.5 Å². The van der Waals surface area contributed by atoms with E-state index < -0.39 is 0 Å². The van der Waals surface area contributed by atoms with Crippen LogP contribution < -0.4 is 5.32 Å². The molecule has 0 atom stereocenters. The van der Waals surface area contributed by atoms with Gasteiger partial charge in [-0.1, -0.05) is 0 Å². The number of phenols is 1. The van der Waals surface area contributed by atoms with Gasteiger partial charge >= 0.3 is 0 Å². The Morgan fingerprint density at radius 1 is 1.41 bits per heavy atom. The number of nitrogens with zero attached hydrogens (tertiary/aromatic N) is 1. The zero-order valence-corrected chi connectivity index (χ0v) is 10.1. The molecule has 2 aromatic rings. The van der Waals surface area contributed by atoms with Gasteiger partial charge in [-0.25, -0.2) is 4.98 Å². The maximum absolute atomic E-state index is 11.7. The van der Waals surface area contributed by atoms with E-state index in [0.717, 1.165) is 9.88 Å². The van der Waals surface area contributed by atoms with Crippen LogP contribution >= 0.6 is 11.3 Å². The van der Waals surface area contributed by atoms with Crippen molar-refractivity contribution in [2.45, 2.75) is 13.5 Å². The van der Waals surface area contributed by atoms with Crippen molar-refractivity contribution >= 4 is 17.2 Å². The van der Waals surface area contributed by atoms with Crippen molar-refractivity contribution in [3.8, 4) is 5.75 Å². The number of amides is 1. The Morgan fingerprint density at radius 3 is 2.71 bits per heavy atom. The number of nitrogens with one attached hydrogen (secondary N) is 1. The molecular formula is C12H12N2O2S. The highest BCUT2D eigenvalue weighted by molar-refractivity contribution is 7.11. The third-order valence-corrected chi connectivity index (χ3v) is 3.13. The lowest BCUT2D eigenvalue weighted by Crippen LogP contribution is -2.22. The van der Waals surface area contributed by atoms with Crippen molar-refractivity contribution in [2.75, 3.05) is 0 Å². The summed E-state index contributed by atoms with van der Waals surface area (Å²) in [6.07, 6.45) is 1.76. The molecule has 0 aliphatic heterocycles. The normalized spacial score (nSPS) is 10.2. The minimum absolute atomic E-state index is 0.152.